The SMILES string of the molecule is CC(S)c1ccnc(OC2CCOCC2)c1. The Hall–Kier alpha value is -0.740. The van der Waals surface area contributed by atoms with Gasteiger partial charge >= 0.3 is 0 Å². The lowest BCUT2D eigenvalue weighted by Crippen LogP contribution is -2.26. The summed E-state index contributed by atoms with van der Waals surface area (Å²) in [5.74, 6) is 0.699. The molecule has 0 aliphatic carbocycles. The number of nitrogens with zero attached hydrogens (tertiary/aromatic N) is 1. The molecule has 1 aromatic heterocycles. The van der Waals surface area contributed by atoms with Gasteiger partial charge in [0.15, 0.2) is 0 Å². The van der Waals surface area contributed by atoms with E-state index in [9.17, 15) is 0 Å². The average molecular weight is 239 g/mol. The summed E-state index contributed by atoms with van der Waals surface area (Å²) in [7, 11) is 0. The summed E-state index contributed by atoms with van der Waals surface area (Å²) in [5, 5.41) is 0.208. The highest BCUT2D eigenvalue weighted by Gasteiger charge is 2.16. The molecule has 88 valence electrons. The molecule has 1 atom stereocenters. The van der Waals surface area contributed by atoms with Crippen molar-refractivity contribution in [3.63, 3.8) is 0 Å². The molecule has 0 spiro atoms. The van der Waals surface area contributed by atoms with E-state index >= 15 is 0 Å². The van der Waals surface area contributed by atoms with Gasteiger partial charge < -0.3 is 9.47 Å². The topological polar surface area (TPSA) is 31.4 Å². The molecule has 1 unspecified atom stereocenters. The van der Waals surface area contributed by atoms with Gasteiger partial charge in [0.1, 0.15) is 6.10 Å². The highest BCUT2D eigenvalue weighted by Crippen LogP contribution is 2.23. The van der Waals surface area contributed by atoms with Gasteiger partial charge in [-0.25, -0.2) is 4.98 Å². The van der Waals surface area contributed by atoms with Gasteiger partial charge in [0, 0.05) is 30.4 Å². The van der Waals surface area contributed by atoms with E-state index in [2.05, 4.69) is 17.6 Å². The van der Waals surface area contributed by atoms with Gasteiger partial charge in [-0.2, -0.15) is 12.6 Å². The maximum atomic E-state index is 5.82. The molecule has 3 nitrogen and oxygen atoms in total. The molecule has 0 bridgehead atoms. The van der Waals surface area contributed by atoms with Gasteiger partial charge in [-0.05, 0) is 18.6 Å². The van der Waals surface area contributed by atoms with Crippen molar-refractivity contribution in [3.05, 3.63) is 23.9 Å². The highest BCUT2D eigenvalue weighted by atomic mass is 32.1. The molecule has 16 heavy (non-hydrogen) atoms. The third kappa shape index (κ3) is 3.12. The van der Waals surface area contributed by atoms with E-state index in [0.29, 0.717) is 5.88 Å². The average Bonchev–Trinajstić information content (AvgIpc) is 2.30. The molecule has 1 aliphatic rings. The first-order chi connectivity index (χ1) is 7.75. The van der Waals surface area contributed by atoms with Crippen molar-refractivity contribution in [2.75, 3.05) is 13.2 Å². The molecule has 2 rings (SSSR count). The van der Waals surface area contributed by atoms with Gasteiger partial charge in [0.2, 0.25) is 5.88 Å². The lowest BCUT2D eigenvalue weighted by Gasteiger charge is -2.22. The largest absolute Gasteiger partial charge is 0.474 e. The van der Waals surface area contributed by atoms with Gasteiger partial charge in [0.25, 0.3) is 0 Å². The quantitative estimate of drug-likeness (QED) is 0.823. The molecule has 1 fully saturated rings. The Morgan fingerprint density at radius 3 is 2.94 bits per heavy atom. The molecule has 0 aromatic carbocycles. The maximum Gasteiger partial charge on any atom is 0.213 e. The van der Waals surface area contributed by atoms with Crippen LogP contribution in [0.1, 0.15) is 30.6 Å². The van der Waals surface area contributed by atoms with Gasteiger partial charge in [-0.15, -0.1) is 0 Å². The van der Waals surface area contributed by atoms with Crippen LogP contribution < -0.4 is 4.74 Å². The van der Waals surface area contributed by atoms with Crippen LogP contribution in [0, 0.1) is 0 Å². The number of hydrogen-bond acceptors (Lipinski definition) is 4. The predicted molar refractivity (Wildman–Crippen MR) is 66.1 cm³/mol. The van der Waals surface area contributed by atoms with Crippen molar-refractivity contribution in [1.29, 1.82) is 0 Å². The van der Waals surface area contributed by atoms with Crippen LogP contribution >= 0.6 is 12.6 Å². The van der Waals surface area contributed by atoms with Crippen molar-refractivity contribution in [1.82, 2.24) is 4.98 Å². The summed E-state index contributed by atoms with van der Waals surface area (Å²) in [6.07, 6.45) is 3.91. The van der Waals surface area contributed by atoms with Crippen LogP contribution in [-0.2, 0) is 4.74 Å². The van der Waals surface area contributed by atoms with Crippen LogP contribution in [0.5, 0.6) is 5.88 Å². The molecule has 0 N–H and O–H groups in total. The van der Waals surface area contributed by atoms with Gasteiger partial charge in [-0.1, -0.05) is 0 Å². The molecule has 1 aliphatic heterocycles. The van der Waals surface area contributed by atoms with Crippen LogP contribution in [0.3, 0.4) is 0 Å². The van der Waals surface area contributed by atoms with Crippen molar-refractivity contribution in [2.45, 2.75) is 31.1 Å². The Morgan fingerprint density at radius 2 is 2.25 bits per heavy atom. The fourth-order valence-electron chi connectivity index (χ4n) is 1.71. The lowest BCUT2D eigenvalue weighted by atomic mass is 10.1. The molecule has 0 radical (unpaired) electrons. The molecule has 4 heteroatoms. The monoisotopic (exact) mass is 239 g/mol. The van der Waals surface area contributed by atoms with Crippen LogP contribution in [0.2, 0.25) is 0 Å². The Balaban J connectivity index is 2.00. The minimum atomic E-state index is 0.208. The summed E-state index contributed by atoms with van der Waals surface area (Å²) in [5.41, 5.74) is 1.14. The summed E-state index contributed by atoms with van der Waals surface area (Å²) in [6, 6.07) is 3.93. The minimum absolute atomic E-state index is 0.208. The first kappa shape index (κ1) is 11.7. The second kappa shape index (κ2) is 5.55. The van der Waals surface area contributed by atoms with E-state index in [1.54, 1.807) is 6.20 Å². The van der Waals surface area contributed by atoms with Crippen LogP contribution in [0.4, 0.5) is 0 Å². The number of pyridine rings is 1. The lowest BCUT2D eigenvalue weighted by molar-refractivity contribution is 0.0237. The summed E-state index contributed by atoms with van der Waals surface area (Å²) in [6.45, 7) is 3.61. The molecule has 1 aromatic rings. The molecule has 0 saturated carbocycles. The van der Waals surface area contributed by atoms with Crippen molar-refractivity contribution < 1.29 is 9.47 Å². The fourth-order valence-corrected chi connectivity index (χ4v) is 1.87. The fraction of sp³-hybridized carbons (Fsp3) is 0.583. The zero-order chi connectivity index (χ0) is 11.4. The summed E-state index contributed by atoms with van der Waals surface area (Å²) >= 11 is 4.40. The third-order valence-corrected chi connectivity index (χ3v) is 3.00. The molecular weight excluding hydrogens is 222 g/mol. The summed E-state index contributed by atoms with van der Waals surface area (Å²) in [4.78, 5) is 4.22. The second-order valence-electron chi connectivity index (χ2n) is 4.03. The van der Waals surface area contributed by atoms with E-state index < -0.39 is 0 Å². The number of ether oxygens (including phenoxy) is 2. The predicted octanol–water partition coefficient (Wildman–Crippen LogP) is 2.63. The number of rotatable bonds is 3. The molecule has 1 saturated heterocycles. The van der Waals surface area contributed by atoms with E-state index in [1.165, 1.54) is 0 Å². The van der Waals surface area contributed by atoms with E-state index in [-0.39, 0.29) is 11.4 Å². The summed E-state index contributed by atoms with van der Waals surface area (Å²) < 4.78 is 11.1. The number of aromatic nitrogens is 1. The Morgan fingerprint density at radius 1 is 1.50 bits per heavy atom. The Bertz CT molecular complexity index is 338. The zero-order valence-corrected chi connectivity index (χ0v) is 10.3. The first-order valence-electron chi connectivity index (χ1n) is 5.64. The van der Waals surface area contributed by atoms with E-state index in [4.69, 9.17) is 9.47 Å². The van der Waals surface area contributed by atoms with Crippen molar-refractivity contribution in [3.8, 4) is 5.88 Å². The second-order valence-corrected chi connectivity index (χ2v) is 4.81. The third-order valence-electron chi connectivity index (χ3n) is 2.70. The maximum absolute atomic E-state index is 5.82. The van der Waals surface area contributed by atoms with E-state index in [0.717, 1.165) is 31.6 Å². The van der Waals surface area contributed by atoms with Crippen LogP contribution in [-0.4, -0.2) is 24.3 Å². The Kier molecular flexibility index (Phi) is 4.07. The van der Waals surface area contributed by atoms with Gasteiger partial charge in [-0.3, -0.25) is 0 Å². The normalized spacial score (nSPS) is 19.4. The highest BCUT2D eigenvalue weighted by molar-refractivity contribution is 7.80. The number of thiol groups is 1. The molecule has 0 amide bonds. The van der Waals surface area contributed by atoms with Crippen LogP contribution in [0.25, 0.3) is 0 Å². The molecular formula is C12H17NO2S. The Labute approximate surface area is 102 Å². The molecule has 2 heterocycles. The zero-order valence-electron chi connectivity index (χ0n) is 9.43. The smallest absolute Gasteiger partial charge is 0.213 e. The van der Waals surface area contributed by atoms with Crippen LogP contribution in [0.15, 0.2) is 18.3 Å². The number of hydrogen-bond donors (Lipinski definition) is 1. The van der Waals surface area contributed by atoms with Crippen molar-refractivity contribution in [2.24, 2.45) is 0 Å². The minimum Gasteiger partial charge on any atom is -0.474 e. The standard InChI is InChI=1S/C12H17NO2S/c1-9(16)10-2-5-13-12(8-10)15-11-3-6-14-7-4-11/h2,5,8-9,11,16H,3-4,6-7H2,1H3. The first-order valence-corrected chi connectivity index (χ1v) is 6.16. The van der Waals surface area contributed by atoms with E-state index in [1.807, 2.05) is 19.1 Å². The van der Waals surface area contributed by atoms with Crippen molar-refractivity contribution >= 4 is 12.6 Å². The van der Waals surface area contributed by atoms with Gasteiger partial charge in [0.05, 0.1) is 13.2 Å².